The van der Waals surface area contributed by atoms with Crippen molar-refractivity contribution in [3.8, 4) is 0 Å². The molecule has 0 aliphatic rings. The van der Waals surface area contributed by atoms with Crippen LogP contribution in [0.15, 0.2) is 17.1 Å². The van der Waals surface area contributed by atoms with Crippen LogP contribution in [0.4, 0.5) is 0 Å². The zero-order valence-electron chi connectivity index (χ0n) is 11.0. The largest absolute Gasteiger partial charge is 0.311 e. The monoisotopic (exact) mass is 292 g/mol. The van der Waals surface area contributed by atoms with E-state index in [2.05, 4.69) is 45.1 Å². The molecule has 0 saturated carbocycles. The maximum absolute atomic E-state index is 4.59. The Morgan fingerprint density at radius 2 is 2.26 bits per heavy atom. The Labute approximate surface area is 120 Å². The molecule has 1 N–H and O–H groups in total. The van der Waals surface area contributed by atoms with E-state index in [-0.39, 0.29) is 0 Å². The highest BCUT2D eigenvalue weighted by molar-refractivity contribution is 7.17. The van der Waals surface area contributed by atoms with E-state index in [0.29, 0.717) is 0 Å². The Hall–Kier alpha value is -1.24. The molecular formula is C13H16N4S2. The van der Waals surface area contributed by atoms with Crippen molar-refractivity contribution in [2.45, 2.75) is 26.8 Å². The number of thiazole rings is 2. The second kappa shape index (κ2) is 5.40. The van der Waals surface area contributed by atoms with Gasteiger partial charge in [0.05, 0.1) is 22.6 Å². The number of hydrogen-bond donors (Lipinski definition) is 1. The zero-order valence-corrected chi connectivity index (χ0v) is 12.6. The maximum atomic E-state index is 4.59. The van der Waals surface area contributed by atoms with Crippen molar-refractivity contribution in [1.29, 1.82) is 0 Å². The van der Waals surface area contributed by atoms with Gasteiger partial charge in [0, 0.05) is 36.0 Å². The molecule has 0 atom stereocenters. The Morgan fingerprint density at radius 3 is 3.05 bits per heavy atom. The van der Waals surface area contributed by atoms with Gasteiger partial charge in [-0.25, -0.2) is 9.97 Å². The van der Waals surface area contributed by atoms with Crippen molar-refractivity contribution in [3.63, 3.8) is 0 Å². The first kappa shape index (κ1) is 12.8. The minimum absolute atomic E-state index is 0.854. The number of hydrogen-bond acceptors (Lipinski definition) is 5. The second-order valence-electron chi connectivity index (χ2n) is 4.54. The Bertz CT molecular complexity index is 666. The van der Waals surface area contributed by atoms with Crippen LogP contribution in [0.2, 0.25) is 0 Å². The van der Waals surface area contributed by atoms with Gasteiger partial charge in [-0.05, 0) is 13.8 Å². The molecule has 0 radical (unpaired) electrons. The van der Waals surface area contributed by atoms with Crippen LogP contribution in [0.1, 0.15) is 22.0 Å². The molecule has 0 spiro atoms. The molecule has 0 aromatic carbocycles. The van der Waals surface area contributed by atoms with E-state index in [4.69, 9.17) is 0 Å². The van der Waals surface area contributed by atoms with Crippen LogP contribution in [0.25, 0.3) is 4.96 Å². The summed E-state index contributed by atoms with van der Waals surface area (Å²) in [7, 11) is 0. The molecule has 100 valence electrons. The summed E-state index contributed by atoms with van der Waals surface area (Å²) in [5, 5.41) is 5.58. The smallest absolute Gasteiger partial charge is 0.194 e. The van der Waals surface area contributed by atoms with E-state index in [1.807, 2.05) is 5.51 Å². The Kier molecular flexibility index (Phi) is 3.63. The van der Waals surface area contributed by atoms with Crippen LogP contribution in [0.3, 0.4) is 0 Å². The molecule has 0 aliphatic heterocycles. The molecule has 3 heterocycles. The molecule has 0 bridgehead atoms. The van der Waals surface area contributed by atoms with E-state index < -0.39 is 0 Å². The van der Waals surface area contributed by atoms with Gasteiger partial charge >= 0.3 is 0 Å². The first-order valence-corrected chi connectivity index (χ1v) is 8.01. The zero-order chi connectivity index (χ0) is 13.2. The topological polar surface area (TPSA) is 42.2 Å². The number of aromatic nitrogens is 3. The van der Waals surface area contributed by atoms with Crippen molar-refractivity contribution in [1.82, 2.24) is 19.7 Å². The quantitative estimate of drug-likeness (QED) is 0.735. The summed E-state index contributed by atoms with van der Waals surface area (Å²) in [6.07, 6.45) is 3.14. The van der Waals surface area contributed by atoms with Crippen molar-refractivity contribution in [3.05, 3.63) is 39.0 Å². The lowest BCUT2D eigenvalue weighted by molar-refractivity contribution is 0.664. The maximum Gasteiger partial charge on any atom is 0.194 e. The number of imidazole rings is 1. The lowest BCUT2D eigenvalue weighted by Gasteiger charge is -2.04. The van der Waals surface area contributed by atoms with Crippen molar-refractivity contribution in [2.75, 3.05) is 6.54 Å². The molecule has 4 nitrogen and oxygen atoms in total. The highest BCUT2D eigenvalue weighted by Crippen LogP contribution is 2.20. The summed E-state index contributed by atoms with van der Waals surface area (Å²) in [6.45, 7) is 5.99. The molecule has 0 aliphatic carbocycles. The van der Waals surface area contributed by atoms with E-state index in [0.717, 1.165) is 30.2 Å². The highest BCUT2D eigenvalue weighted by atomic mass is 32.1. The SMILES string of the molecule is Cc1cn2c(CNCCc3cscn3)c(C)nc2s1. The van der Waals surface area contributed by atoms with Gasteiger partial charge in [0.1, 0.15) is 0 Å². The number of nitrogens with zero attached hydrogens (tertiary/aromatic N) is 3. The Balaban J connectivity index is 1.63. The third kappa shape index (κ3) is 2.70. The number of aryl methyl sites for hydroxylation is 2. The van der Waals surface area contributed by atoms with Gasteiger partial charge in [-0.15, -0.1) is 22.7 Å². The van der Waals surface area contributed by atoms with Crippen molar-refractivity contribution in [2.24, 2.45) is 0 Å². The summed E-state index contributed by atoms with van der Waals surface area (Å²) in [5.74, 6) is 0. The molecule has 0 fully saturated rings. The van der Waals surface area contributed by atoms with Gasteiger partial charge in [-0.1, -0.05) is 0 Å². The average Bonchev–Trinajstić information content (AvgIpc) is 3.03. The van der Waals surface area contributed by atoms with E-state index in [9.17, 15) is 0 Å². The van der Waals surface area contributed by atoms with Gasteiger partial charge in [-0.3, -0.25) is 4.40 Å². The van der Waals surface area contributed by atoms with Gasteiger partial charge in [0.2, 0.25) is 0 Å². The summed E-state index contributed by atoms with van der Waals surface area (Å²) in [4.78, 5) is 11.3. The fraction of sp³-hybridized carbons (Fsp3) is 0.385. The summed E-state index contributed by atoms with van der Waals surface area (Å²) in [6, 6.07) is 0. The van der Waals surface area contributed by atoms with Gasteiger partial charge in [-0.2, -0.15) is 0 Å². The fourth-order valence-corrected chi connectivity index (χ4v) is 3.59. The second-order valence-corrected chi connectivity index (χ2v) is 6.48. The minimum atomic E-state index is 0.854. The Morgan fingerprint density at radius 1 is 1.37 bits per heavy atom. The lowest BCUT2D eigenvalue weighted by Crippen LogP contribution is -2.18. The van der Waals surface area contributed by atoms with Crippen LogP contribution in [0, 0.1) is 13.8 Å². The normalized spacial score (nSPS) is 11.5. The standard InChI is InChI=1S/C13H16N4S2/c1-9-6-17-12(10(2)16-13(17)19-9)5-14-4-3-11-7-18-8-15-11/h6-8,14H,3-5H2,1-2H3. The van der Waals surface area contributed by atoms with Crippen LogP contribution >= 0.6 is 22.7 Å². The van der Waals surface area contributed by atoms with E-state index in [1.165, 1.54) is 16.3 Å². The minimum Gasteiger partial charge on any atom is -0.311 e. The van der Waals surface area contributed by atoms with Crippen molar-refractivity contribution >= 4 is 27.6 Å². The molecule has 3 rings (SSSR count). The molecule has 6 heteroatoms. The summed E-state index contributed by atoms with van der Waals surface area (Å²) < 4.78 is 2.20. The van der Waals surface area contributed by atoms with Crippen LogP contribution < -0.4 is 5.32 Å². The molecule has 19 heavy (non-hydrogen) atoms. The first-order chi connectivity index (χ1) is 9.24. The predicted octanol–water partition coefficient (Wildman–Crippen LogP) is 2.80. The van der Waals surface area contributed by atoms with E-state index >= 15 is 0 Å². The fourth-order valence-electron chi connectivity index (χ4n) is 2.11. The number of nitrogens with one attached hydrogen (secondary N) is 1. The molecule has 0 saturated heterocycles. The summed E-state index contributed by atoms with van der Waals surface area (Å²) >= 11 is 3.39. The first-order valence-electron chi connectivity index (χ1n) is 6.26. The highest BCUT2D eigenvalue weighted by Gasteiger charge is 2.10. The third-order valence-electron chi connectivity index (χ3n) is 3.07. The summed E-state index contributed by atoms with van der Waals surface area (Å²) in [5.41, 5.74) is 5.43. The van der Waals surface area contributed by atoms with E-state index in [1.54, 1.807) is 22.7 Å². The van der Waals surface area contributed by atoms with Gasteiger partial charge in [0.15, 0.2) is 4.96 Å². The van der Waals surface area contributed by atoms with Crippen LogP contribution in [-0.4, -0.2) is 20.9 Å². The predicted molar refractivity (Wildman–Crippen MR) is 80.1 cm³/mol. The van der Waals surface area contributed by atoms with Crippen molar-refractivity contribution < 1.29 is 0 Å². The van der Waals surface area contributed by atoms with Crippen LogP contribution in [0.5, 0.6) is 0 Å². The molecule has 3 aromatic rings. The molecular weight excluding hydrogens is 276 g/mol. The van der Waals surface area contributed by atoms with Gasteiger partial charge < -0.3 is 5.32 Å². The molecule has 0 unspecified atom stereocenters. The molecule has 0 amide bonds. The number of fused-ring (bicyclic) bond motifs is 1. The van der Waals surface area contributed by atoms with Gasteiger partial charge in [0.25, 0.3) is 0 Å². The molecule has 3 aromatic heterocycles. The third-order valence-corrected chi connectivity index (χ3v) is 4.61. The number of rotatable bonds is 5. The average molecular weight is 292 g/mol. The van der Waals surface area contributed by atoms with Crippen LogP contribution in [-0.2, 0) is 13.0 Å². The lowest BCUT2D eigenvalue weighted by atomic mass is 10.3.